The molecule has 2 saturated carbocycles. The van der Waals surface area contributed by atoms with Crippen LogP contribution in [0.25, 0.3) is 0 Å². The summed E-state index contributed by atoms with van der Waals surface area (Å²) < 4.78 is 0. The van der Waals surface area contributed by atoms with Gasteiger partial charge in [0.05, 0.1) is 0 Å². The van der Waals surface area contributed by atoms with Gasteiger partial charge in [-0.1, -0.05) is 6.92 Å². The molecule has 4 heteroatoms. The van der Waals surface area contributed by atoms with Crippen molar-refractivity contribution in [3.05, 3.63) is 0 Å². The summed E-state index contributed by atoms with van der Waals surface area (Å²) in [4.78, 5) is 26.7. The second kappa shape index (κ2) is 3.72. The van der Waals surface area contributed by atoms with Crippen LogP contribution in [0.15, 0.2) is 0 Å². The number of piperazine rings is 1. The number of carbonyl (C=O) groups excluding carboxylic acids is 2. The minimum atomic E-state index is -0.636. The van der Waals surface area contributed by atoms with Crippen LogP contribution < -0.4 is 5.32 Å². The third kappa shape index (κ3) is 1.57. The van der Waals surface area contributed by atoms with Crippen molar-refractivity contribution in [1.82, 2.24) is 10.2 Å². The van der Waals surface area contributed by atoms with E-state index >= 15 is 0 Å². The molecule has 1 heterocycles. The largest absolute Gasteiger partial charge is 0.340 e. The summed E-state index contributed by atoms with van der Waals surface area (Å²) >= 11 is 0. The van der Waals surface area contributed by atoms with Crippen molar-refractivity contribution in [1.29, 1.82) is 0 Å². The standard InChI is InChI=1S/C14H22N2O2/c1-8-6-11(7-8)16-9(2)12(17)15-14(3,13(16)18)10-4-5-10/h8-11H,4-7H2,1-3H3,(H,15,17). The fourth-order valence-corrected chi connectivity index (χ4v) is 3.49. The van der Waals surface area contributed by atoms with Crippen molar-refractivity contribution in [3.63, 3.8) is 0 Å². The molecule has 3 rings (SSSR count). The molecular formula is C14H22N2O2. The average Bonchev–Trinajstić information content (AvgIpc) is 3.08. The third-order valence-corrected chi connectivity index (χ3v) is 4.99. The first-order valence-corrected chi connectivity index (χ1v) is 7.08. The summed E-state index contributed by atoms with van der Waals surface area (Å²) in [6.45, 7) is 5.96. The van der Waals surface area contributed by atoms with E-state index in [-0.39, 0.29) is 23.9 Å². The summed E-state index contributed by atoms with van der Waals surface area (Å²) in [5, 5.41) is 2.97. The number of amides is 2. The lowest BCUT2D eigenvalue weighted by Crippen LogP contribution is -2.72. The zero-order valence-corrected chi connectivity index (χ0v) is 11.4. The second-order valence-electron chi connectivity index (χ2n) is 6.58. The maximum Gasteiger partial charge on any atom is 0.249 e. The Morgan fingerprint density at radius 2 is 1.83 bits per heavy atom. The minimum absolute atomic E-state index is 0.0172. The molecule has 1 saturated heterocycles. The lowest BCUT2D eigenvalue weighted by Gasteiger charge is -2.51. The van der Waals surface area contributed by atoms with Crippen LogP contribution in [0.4, 0.5) is 0 Å². The fraction of sp³-hybridized carbons (Fsp3) is 0.857. The first-order valence-electron chi connectivity index (χ1n) is 7.08. The van der Waals surface area contributed by atoms with Crippen LogP contribution in [0.3, 0.4) is 0 Å². The summed E-state index contributed by atoms with van der Waals surface area (Å²) in [5.41, 5.74) is -0.636. The molecule has 2 amide bonds. The maximum absolute atomic E-state index is 12.7. The predicted octanol–water partition coefficient (Wildman–Crippen LogP) is 1.30. The second-order valence-corrected chi connectivity index (χ2v) is 6.58. The Balaban J connectivity index is 1.86. The monoisotopic (exact) mass is 250 g/mol. The van der Waals surface area contributed by atoms with Crippen molar-refractivity contribution in [2.24, 2.45) is 11.8 Å². The van der Waals surface area contributed by atoms with Crippen LogP contribution >= 0.6 is 0 Å². The van der Waals surface area contributed by atoms with E-state index in [1.54, 1.807) is 0 Å². The molecule has 0 bridgehead atoms. The van der Waals surface area contributed by atoms with Gasteiger partial charge in [-0.15, -0.1) is 0 Å². The zero-order valence-electron chi connectivity index (χ0n) is 11.4. The summed E-state index contributed by atoms with van der Waals surface area (Å²) in [6.07, 6.45) is 4.21. The topological polar surface area (TPSA) is 49.4 Å². The molecule has 2 aliphatic carbocycles. The van der Waals surface area contributed by atoms with Gasteiger partial charge in [-0.05, 0) is 51.4 Å². The Hall–Kier alpha value is -1.06. The molecule has 2 atom stereocenters. The Morgan fingerprint density at radius 3 is 2.33 bits per heavy atom. The van der Waals surface area contributed by atoms with Gasteiger partial charge in [0.2, 0.25) is 11.8 Å². The number of hydrogen-bond acceptors (Lipinski definition) is 2. The highest BCUT2D eigenvalue weighted by Gasteiger charge is 2.56. The molecule has 3 aliphatic rings. The van der Waals surface area contributed by atoms with Crippen molar-refractivity contribution < 1.29 is 9.59 Å². The van der Waals surface area contributed by atoms with Crippen molar-refractivity contribution in [2.75, 3.05) is 0 Å². The van der Waals surface area contributed by atoms with Crippen LogP contribution in [0.5, 0.6) is 0 Å². The van der Waals surface area contributed by atoms with E-state index in [1.165, 1.54) is 0 Å². The minimum Gasteiger partial charge on any atom is -0.340 e. The van der Waals surface area contributed by atoms with Crippen LogP contribution in [-0.4, -0.2) is 34.3 Å². The number of carbonyl (C=O) groups is 2. The highest BCUT2D eigenvalue weighted by Crippen LogP contribution is 2.44. The molecule has 100 valence electrons. The number of nitrogens with one attached hydrogen (secondary N) is 1. The van der Waals surface area contributed by atoms with E-state index in [4.69, 9.17) is 0 Å². The molecule has 0 aromatic heterocycles. The maximum atomic E-state index is 12.7. The summed E-state index contributed by atoms with van der Waals surface area (Å²) in [6, 6.07) is -0.0200. The van der Waals surface area contributed by atoms with Gasteiger partial charge < -0.3 is 10.2 Å². The van der Waals surface area contributed by atoms with Crippen molar-refractivity contribution >= 4 is 11.8 Å². The summed E-state index contributed by atoms with van der Waals surface area (Å²) in [7, 11) is 0. The molecule has 0 aromatic carbocycles. The molecule has 3 fully saturated rings. The lowest BCUT2D eigenvalue weighted by atomic mass is 9.78. The van der Waals surface area contributed by atoms with Gasteiger partial charge in [0.15, 0.2) is 0 Å². The van der Waals surface area contributed by atoms with E-state index in [0.29, 0.717) is 11.8 Å². The molecule has 1 N–H and O–H groups in total. The first-order chi connectivity index (χ1) is 8.43. The van der Waals surface area contributed by atoms with E-state index in [0.717, 1.165) is 25.7 Å². The number of hydrogen-bond donors (Lipinski definition) is 1. The summed E-state index contributed by atoms with van der Waals surface area (Å²) in [5.74, 6) is 1.20. The van der Waals surface area contributed by atoms with Gasteiger partial charge in [-0.25, -0.2) is 0 Å². The molecule has 0 radical (unpaired) electrons. The lowest BCUT2D eigenvalue weighted by molar-refractivity contribution is -0.160. The van der Waals surface area contributed by atoms with Crippen LogP contribution in [0, 0.1) is 11.8 Å². The molecule has 0 aromatic rings. The average molecular weight is 250 g/mol. The molecular weight excluding hydrogens is 228 g/mol. The normalized spacial score (nSPS) is 44.6. The SMILES string of the molecule is CC1CC(N2C(=O)C(C)(C3CC3)NC(=O)C2C)C1. The zero-order chi connectivity index (χ0) is 13.1. The molecule has 4 nitrogen and oxygen atoms in total. The van der Waals surface area contributed by atoms with Crippen molar-refractivity contribution in [2.45, 2.75) is 64.1 Å². The van der Waals surface area contributed by atoms with Gasteiger partial charge in [-0.2, -0.15) is 0 Å². The molecule has 2 unspecified atom stereocenters. The Bertz CT molecular complexity index is 399. The van der Waals surface area contributed by atoms with Crippen LogP contribution in [0.1, 0.15) is 46.5 Å². The quantitative estimate of drug-likeness (QED) is 0.803. The first kappa shape index (κ1) is 12.0. The molecule has 0 spiro atoms. The van der Waals surface area contributed by atoms with Gasteiger partial charge in [0.25, 0.3) is 0 Å². The van der Waals surface area contributed by atoms with E-state index in [1.807, 2.05) is 18.7 Å². The smallest absolute Gasteiger partial charge is 0.249 e. The van der Waals surface area contributed by atoms with Gasteiger partial charge in [0, 0.05) is 6.04 Å². The molecule has 18 heavy (non-hydrogen) atoms. The highest BCUT2D eigenvalue weighted by atomic mass is 16.2. The highest BCUT2D eigenvalue weighted by molar-refractivity contribution is 6.00. The molecule has 1 aliphatic heterocycles. The van der Waals surface area contributed by atoms with Crippen molar-refractivity contribution in [3.8, 4) is 0 Å². The van der Waals surface area contributed by atoms with Crippen LogP contribution in [0.2, 0.25) is 0 Å². The van der Waals surface area contributed by atoms with Gasteiger partial charge >= 0.3 is 0 Å². The van der Waals surface area contributed by atoms with E-state index in [9.17, 15) is 9.59 Å². The van der Waals surface area contributed by atoms with Gasteiger partial charge in [0.1, 0.15) is 11.6 Å². The van der Waals surface area contributed by atoms with Gasteiger partial charge in [-0.3, -0.25) is 9.59 Å². The fourth-order valence-electron chi connectivity index (χ4n) is 3.49. The predicted molar refractivity (Wildman–Crippen MR) is 67.8 cm³/mol. The Kier molecular flexibility index (Phi) is 2.48. The van der Waals surface area contributed by atoms with E-state index in [2.05, 4.69) is 12.2 Å². The van der Waals surface area contributed by atoms with Crippen LogP contribution in [-0.2, 0) is 9.59 Å². The third-order valence-electron chi connectivity index (χ3n) is 4.99. The Labute approximate surface area is 108 Å². The Morgan fingerprint density at radius 1 is 1.22 bits per heavy atom. The number of nitrogens with zero attached hydrogens (tertiary/aromatic N) is 1. The van der Waals surface area contributed by atoms with E-state index < -0.39 is 5.54 Å². The number of rotatable bonds is 2.